The summed E-state index contributed by atoms with van der Waals surface area (Å²) >= 11 is 0. The molecule has 0 aromatic carbocycles. The van der Waals surface area contributed by atoms with E-state index in [0.29, 0.717) is 56.6 Å². The lowest BCUT2D eigenvalue weighted by Crippen LogP contribution is -2.74. The van der Waals surface area contributed by atoms with E-state index in [-0.39, 0.29) is 92.9 Å². The van der Waals surface area contributed by atoms with E-state index < -0.39 is 99.5 Å². The van der Waals surface area contributed by atoms with E-state index >= 15 is 9.90 Å². The Morgan fingerprint density at radius 2 is 1.73 bits per heavy atom. The molecule has 2 heterocycles. The van der Waals surface area contributed by atoms with E-state index in [1.807, 2.05) is 31.4 Å². The Labute approximate surface area is 464 Å². The molecule has 0 radical (unpaired) electrons. The van der Waals surface area contributed by atoms with E-state index in [0.717, 1.165) is 75.6 Å². The number of nitrogens with one attached hydrogen (secondary N) is 3. The molecule has 0 aromatic heterocycles. The van der Waals surface area contributed by atoms with Gasteiger partial charge in [-0.2, -0.15) is 0 Å². The molecule has 6 saturated carbocycles. The highest BCUT2D eigenvalue weighted by atomic mass is 16.5. The molecule has 78 heavy (non-hydrogen) atoms. The molecule has 20 unspecified atom stereocenters. The number of carbonyl (C=O) groups excluding carboxylic acids is 1. The molecule has 20 atom stereocenters. The third-order valence-corrected chi connectivity index (χ3v) is 23.4. The number of fused-ring (bicyclic) bond motifs is 5. The maximum atomic E-state index is 16.1. The van der Waals surface area contributed by atoms with E-state index in [4.69, 9.17) is 15.2 Å². The van der Waals surface area contributed by atoms with Gasteiger partial charge in [0.05, 0.1) is 65.3 Å². The maximum absolute atomic E-state index is 16.1. The number of Topliss-reactive ketones (excluding diaryl/α,β-unsaturated/α-hetero) is 1. The smallest absolute Gasteiger partial charge is 0.182 e. The third kappa shape index (κ3) is 9.48. The quantitative estimate of drug-likeness (QED) is 0.0906. The van der Waals surface area contributed by atoms with Gasteiger partial charge < -0.3 is 77.1 Å². The number of dihydropyridines is 1. The fourth-order valence-electron chi connectivity index (χ4n) is 20.0. The second-order valence-electron chi connectivity index (χ2n) is 27.5. The van der Waals surface area contributed by atoms with Crippen molar-refractivity contribution in [2.45, 2.75) is 227 Å². The minimum absolute atomic E-state index is 0.00591. The number of ether oxygens (including phenoxy) is 2. The summed E-state index contributed by atoms with van der Waals surface area (Å²) in [4.78, 5) is 16.1. The number of rotatable bonds is 17. The predicted octanol–water partition coefficient (Wildman–Crippen LogP) is 4.29. The van der Waals surface area contributed by atoms with Crippen LogP contribution in [0.5, 0.6) is 0 Å². The lowest BCUT2D eigenvalue weighted by Gasteiger charge is -2.69. The van der Waals surface area contributed by atoms with Gasteiger partial charge in [-0.1, -0.05) is 44.4 Å². The summed E-state index contributed by atoms with van der Waals surface area (Å²) in [5.41, 5.74) is -1.72. The third-order valence-electron chi connectivity index (χ3n) is 23.4. The van der Waals surface area contributed by atoms with Gasteiger partial charge >= 0.3 is 0 Å². The molecule has 7 fully saturated rings. The van der Waals surface area contributed by atoms with Crippen LogP contribution in [0, 0.1) is 63.6 Å². The van der Waals surface area contributed by atoms with Crippen LogP contribution in [0.25, 0.3) is 0 Å². The highest BCUT2D eigenvalue weighted by Gasteiger charge is 2.80. The van der Waals surface area contributed by atoms with Gasteiger partial charge in [-0.05, 0) is 195 Å². The first-order chi connectivity index (χ1) is 37.1. The minimum atomic E-state index is -1.98. The first-order valence-corrected chi connectivity index (χ1v) is 30.8. The molecule has 1 saturated heterocycles. The van der Waals surface area contributed by atoms with Crippen LogP contribution in [-0.4, -0.2) is 157 Å². The Bertz CT molecular complexity index is 2300. The number of carbonyl (C=O) groups is 1. The molecule has 16 heteroatoms. The number of aliphatic hydroxyl groups is 9. The van der Waals surface area contributed by atoms with Crippen molar-refractivity contribution >= 4 is 5.78 Å². The number of aliphatic hydroxyl groups excluding tert-OH is 5. The van der Waals surface area contributed by atoms with E-state index in [9.17, 15) is 40.9 Å². The van der Waals surface area contributed by atoms with Crippen LogP contribution in [0.2, 0.25) is 0 Å². The fourth-order valence-corrected chi connectivity index (χ4v) is 20.0. The maximum Gasteiger partial charge on any atom is 0.182 e. The molecule has 14 N–H and O–H groups in total. The van der Waals surface area contributed by atoms with Gasteiger partial charge in [-0.25, -0.2) is 0 Å². The standard InChI is InChI=1S/C62H100N4O12/c1-6-9-37-12-14-41-47(16-13-37)78-55-50(41)44(69)11-7-22-62(55,76)56(3,73)48-21-26-61(75)51-52(65-33-36(2)68)53(72)42-30-45(70)46(71)32-58(42)31-38(40-15-17-49(63)66-43(40)10-8-28-67)18-25-59(74,54(51)58)34-60(48,61)39-19-23-57(24-20-39,35-64-4)27-29-77-5/h15,17-18,25,36-39,41-42,44-50,54-55,64-71,73-76H,6-14,16,19-24,26-35,63H2,1-5H3. The van der Waals surface area contributed by atoms with Crippen molar-refractivity contribution in [1.29, 1.82) is 0 Å². The average Bonchev–Trinajstić information content (AvgIpc) is 1.80. The zero-order valence-electron chi connectivity index (χ0n) is 47.7. The Hall–Kier alpha value is -2.29. The predicted molar refractivity (Wildman–Crippen MR) is 296 cm³/mol. The summed E-state index contributed by atoms with van der Waals surface area (Å²) in [6, 6.07) is 0. The molecule has 16 nitrogen and oxygen atoms in total. The number of nitrogens with two attached hydrogens (primary N) is 1. The van der Waals surface area contributed by atoms with Crippen molar-refractivity contribution < 1.29 is 60.2 Å². The lowest BCUT2D eigenvalue weighted by molar-refractivity contribution is -0.277. The number of methoxy groups -OCH3 is 1. The van der Waals surface area contributed by atoms with Crippen LogP contribution in [0.3, 0.4) is 0 Å². The molecule has 440 valence electrons. The molecule has 0 aromatic rings. The molecule has 10 aliphatic rings. The lowest BCUT2D eigenvalue weighted by atomic mass is 9.37. The van der Waals surface area contributed by atoms with Gasteiger partial charge in [-0.3, -0.25) is 4.79 Å². The Balaban J connectivity index is 1.19. The van der Waals surface area contributed by atoms with Crippen molar-refractivity contribution in [1.82, 2.24) is 16.0 Å². The summed E-state index contributed by atoms with van der Waals surface area (Å²) in [7, 11) is 3.68. The summed E-state index contributed by atoms with van der Waals surface area (Å²) in [6.45, 7) is 6.83. The summed E-state index contributed by atoms with van der Waals surface area (Å²) in [5.74, 6) is -3.74. The summed E-state index contributed by atoms with van der Waals surface area (Å²) < 4.78 is 12.9. The molecule has 2 aliphatic heterocycles. The van der Waals surface area contributed by atoms with Crippen LogP contribution in [0.15, 0.2) is 46.8 Å². The fraction of sp³-hybridized carbons (Fsp3) is 0.855. The first-order valence-electron chi connectivity index (χ1n) is 30.8. The van der Waals surface area contributed by atoms with Gasteiger partial charge in [-0.15, -0.1) is 0 Å². The normalized spacial score (nSPS) is 47.3. The molecule has 0 amide bonds. The van der Waals surface area contributed by atoms with E-state index in [1.54, 1.807) is 21.0 Å². The van der Waals surface area contributed by atoms with Crippen LogP contribution in [0.1, 0.15) is 162 Å². The van der Waals surface area contributed by atoms with Crippen molar-refractivity contribution in [2.75, 3.05) is 40.5 Å². The van der Waals surface area contributed by atoms with Crippen LogP contribution < -0.4 is 21.7 Å². The summed E-state index contributed by atoms with van der Waals surface area (Å²) in [6.07, 6.45) is 14.1. The number of allylic oxidation sites excluding steroid dienone is 5. The van der Waals surface area contributed by atoms with E-state index in [2.05, 4.69) is 22.9 Å². The van der Waals surface area contributed by atoms with Gasteiger partial charge in [0, 0.05) is 68.2 Å². The van der Waals surface area contributed by atoms with Crippen molar-refractivity contribution in [2.24, 2.45) is 69.3 Å². The van der Waals surface area contributed by atoms with Crippen molar-refractivity contribution in [3.05, 3.63) is 46.8 Å². The second kappa shape index (κ2) is 22.4. The highest BCUT2D eigenvalue weighted by Crippen LogP contribution is 2.77. The minimum Gasteiger partial charge on any atom is -0.396 e. The van der Waals surface area contributed by atoms with Gasteiger partial charge in [0.2, 0.25) is 0 Å². The van der Waals surface area contributed by atoms with Crippen LogP contribution >= 0.6 is 0 Å². The Kier molecular flexibility index (Phi) is 16.9. The highest BCUT2D eigenvalue weighted by molar-refractivity contribution is 6.00. The van der Waals surface area contributed by atoms with Crippen LogP contribution in [0.4, 0.5) is 0 Å². The number of ketones is 1. The molecule has 10 rings (SSSR count). The first kappa shape index (κ1) is 58.9. The topological polar surface area (TPSA) is 280 Å². The SMILES string of the molecule is CCCC1CCC2OC3C(C(O)CCCC3(O)C(C)(O)C3CCC4(O)C5=C(NCC(C)O)C(=O)C6CC(O)C(O)CC67CC(C6=C(CCCO)NC(N)C=C6)C=CC(O)(CC34C3CCC(CCOC)(CNC)CC3)C57)C2CC1. The van der Waals surface area contributed by atoms with E-state index in [1.165, 1.54) is 0 Å². The monoisotopic (exact) mass is 1090 g/mol. The second-order valence-corrected chi connectivity index (χ2v) is 27.5. The largest absolute Gasteiger partial charge is 0.396 e. The van der Waals surface area contributed by atoms with Crippen LogP contribution in [-0.2, 0) is 14.3 Å². The molecule has 8 aliphatic carbocycles. The van der Waals surface area contributed by atoms with Gasteiger partial charge in [0.1, 0.15) is 5.60 Å². The van der Waals surface area contributed by atoms with Gasteiger partial charge in [0.25, 0.3) is 0 Å². The Morgan fingerprint density at radius 3 is 2.44 bits per heavy atom. The number of hydrogen-bond acceptors (Lipinski definition) is 16. The zero-order valence-corrected chi connectivity index (χ0v) is 47.7. The van der Waals surface area contributed by atoms with Crippen molar-refractivity contribution in [3.63, 3.8) is 0 Å². The van der Waals surface area contributed by atoms with Crippen molar-refractivity contribution in [3.8, 4) is 0 Å². The molecule has 1 spiro atoms. The zero-order chi connectivity index (χ0) is 55.8. The molecular formula is C62H100N4O12. The molecular weight excluding hydrogens is 993 g/mol. The average molecular weight is 1090 g/mol. The van der Waals surface area contributed by atoms with Gasteiger partial charge in [0.15, 0.2) is 5.78 Å². The number of hydrogen-bond donors (Lipinski definition) is 13. The Morgan fingerprint density at radius 1 is 0.974 bits per heavy atom. The summed E-state index contributed by atoms with van der Waals surface area (Å²) in [5, 5.41) is 125. The molecule has 0 bridgehead atoms.